The van der Waals surface area contributed by atoms with Crippen LogP contribution in [0, 0.1) is 11.3 Å². The molecule has 0 aliphatic carbocycles. The summed E-state index contributed by atoms with van der Waals surface area (Å²) in [4.78, 5) is 14.3. The van der Waals surface area contributed by atoms with Crippen LogP contribution in [0.2, 0.25) is 0 Å². The fourth-order valence-corrected chi connectivity index (χ4v) is 0.956. The normalized spacial score (nSPS) is 9.27. The summed E-state index contributed by atoms with van der Waals surface area (Å²) in [5.41, 5.74) is 0.0905. The Labute approximate surface area is 86.9 Å². The quantitative estimate of drug-likeness (QED) is 0.737. The number of ether oxygens (including phenoxy) is 1. The number of carbonyl (C=O) groups is 1. The topological polar surface area (TPSA) is 83.2 Å². The molecule has 0 saturated carbocycles. The maximum atomic E-state index is 10.6. The number of aromatic nitrogens is 1. The third-order valence-electron chi connectivity index (χ3n) is 1.66. The molecule has 0 spiro atoms. The van der Waals surface area contributed by atoms with Crippen molar-refractivity contribution in [3.05, 3.63) is 24.0 Å². The Hall–Kier alpha value is -2.09. The summed E-state index contributed by atoms with van der Waals surface area (Å²) >= 11 is 0. The summed E-state index contributed by atoms with van der Waals surface area (Å²) in [6.07, 6.45) is 3.74. The van der Waals surface area contributed by atoms with E-state index in [0.717, 1.165) is 0 Å². The average molecular weight is 206 g/mol. The lowest BCUT2D eigenvalue weighted by molar-refractivity contribution is 0.0696. The number of pyridine rings is 1. The first-order valence-electron chi connectivity index (χ1n) is 4.42. The SMILES string of the molecule is N#CCCCOc1cncc(C(=O)O)c1. The third kappa shape index (κ3) is 3.65. The fraction of sp³-hybridized carbons (Fsp3) is 0.300. The number of aromatic carboxylic acids is 1. The maximum Gasteiger partial charge on any atom is 0.337 e. The number of nitrogens with zero attached hydrogens (tertiary/aromatic N) is 2. The molecule has 0 aliphatic rings. The lowest BCUT2D eigenvalue weighted by Gasteiger charge is -2.04. The van der Waals surface area contributed by atoms with Crippen LogP contribution in [0.4, 0.5) is 0 Å². The van der Waals surface area contributed by atoms with E-state index in [2.05, 4.69) is 4.98 Å². The molecule has 0 aromatic carbocycles. The fourth-order valence-electron chi connectivity index (χ4n) is 0.956. The number of nitriles is 1. The molecule has 0 amide bonds. The summed E-state index contributed by atoms with van der Waals surface area (Å²) in [6, 6.07) is 3.40. The minimum Gasteiger partial charge on any atom is -0.492 e. The van der Waals surface area contributed by atoms with Gasteiger partial charge in [0, 0.05) is 12.6 Å². The molecule has 1 rings (SSSR count). The van der Waals surface area contributed by atoms with Crippen molar-refractivity contribution < 1.29 is 14.6 Å². The van der Waals surface area contributed by atoms with Gasteiger partial charge in [0.05, 0.1) is 24.4 Å². The van der Waals surface area contributed by atoms with Gasteiger partial charge in [0.15, 0.2) is 0 Å². The van der Waals surface area contributed by atoms with Gasteiger partial charge in [0.1, 0.15) is 5.75 Å². The zero-order valence-electron chi connectivity index (χ0n) is 8.01. The average Bonchev–Trinajstić information content (AvgIpc) is 2.25. The van der Waals surface area contributed by atoms with Gasteiger partial charge in [0.25, 0.3) is 0 Å². The van der Waals surface area contributed by atoms with Crippen LogP contribution < -0.4 is 4.74 Å². The van der Waals surface area contributed by atoms with Crippen LogP contribution in [0.5, 0.6) is 5.75 Å². The van der Waals surface area contributed by atoms with E-state index in [1.165, 1.54) is 18.5 Å². The Morgan fingerprint density at radius 1 is 1.60 bits per heavy atom. The summed E-state index contributed by atoms with van der Waals surface area (Å²) in [5, 5.41) is 17.0. The molecule has 1 N–H and O–H groups in total. The minimum atomic E-state index is -1.04. The Balaban J connectivity index is 2.51. The van der Waals surface area contributed by atoms with Gasteiger partial charge in [-0.1, -0.05) is 0 Å². The van der Waals surface area contributed by atoms with Crippen LogP contribution in [0.15, 0.2) is 18.5 Å². The zero-order valence-corrected chi connectivity index (χ0v) is 8.01. The number of carboxylic acid groups (broad SMARTS) is 1. The molecular weight excluding hydrogens is 196 g/mol. The Morgan fingerprint density at radius 3 is 3.07 bits per heavy atom. The van der Waals surface area contributed by atoms with Crippen molar-refractivity contribution in [1.82, 2.24) is 4.98 Å². The highest BCUT2D eigenvalue weighted by Crippen LogP contribution is 2.11. The smallest absolute Gasteiger partial charge is 0.337 e. The first kappa shape index (κ1) is 11.0. The molecule has 5 nitrogen and oxygen atoms in total. The first-order valence-corrected chi connectivity index (χ1v) is 4.42. The molecule has 1 aromatic rings. The minimum absolute atomic E-state index is 0.0905. The van der Waals surface area contributed by atoms with E-state index < -0.39 is 5.97 Å². The van der Waals surface area contributed by atoms with E-state index in [4.69, 9.17) is 15.1 Å². The van der Waals surface area contributed by atoms with E-state index in [1.54, 1.807) is 0 Å². The van der Waals surface area contributed by atoms with Crippen molar-refractivity contribution in [2.75, 3.05) is 6.61 Å². The predicted octanol–water partition coefficient (Wildman–Crippen LogP) is 1.46. The van der Waals surface area contributed by atoms with Gasteiger partial charge in [-0.15, -0.1) is 0 Å². The van der Waals surface area contributed by atoms with Gasteiger partial charge in [-0.05, 0) is 12.5 Å². The van der Waals surface area contributed by atoms with Gasteiger partial charge in [0.2, 0.25) is 0 Å². The van der Waals surface area contributed by atoms with Crippen LogP contribution in [0.25, 0.3) is 0 Å². The summed E-state index contributed by atoms with van der Waals surface area (Å²) in [5.74, 6) is -0.627. The highest BCUT2D eigenvalue weighted by Gasteiger charge is 2.04. The van der Waals surface area contributed by atoms with E-state index in [-0.39, 0.29) is 5.56 Å². The van der Waals surface area contributed by atoms with Gasteiger partial charge in [-0.2, -0.15) is 5.26 Å². The Bertz CT molecular complexity index is 384. The van der Waals surface area contributed by atoms with Gasteiger partial charge in [-0.25, -0.2) is 4.79 Å². The highest BCUT2D eigenvalue weighted by atomic mass is 16.5. The molecule has 5 heteroatoms. The van der Waals surface area contributed by atoms with E-state index in [0.29, 0.717) is 25.2 Å². The molecule has 0 aliphatic heterocycles. The second-order valence-corrected chi connectivity index (χ2v) is 2.82. The van der Waals surface area contributed by atoms with Crippen LogP contribution in [-0.2, 0) is 0 Å². The van der Waals surface area contributed by atoms with Gasteiger partial charge in [-0.3, -0.25) is 4.98 Å². The monoisotopic (exact) mass is 206 g/mol. The number of hydrogen-bond donors (Lipinski definition) is 1. The lowest BCUT2D eigenvalue weighted by atomic mass is 10.3. The van der Waals surface area contributed by atoms with Crippen LogP contribution in [0.3, 0.4) is 0 Å². The number of carboxylic acids is 1. The van der Waals surface area contributed by atoms with Gasteiger partial charge < -0.3 is 9.84 Å². The van der Waals surface area contributed by atoms with E-state index >= 15 is 0 Å². The maximum absolute atomic E-state index is 10.6. The highest BCUT2D eigenvalue weighted by molar-refractivity contribution is 5.87. The molecule has 0 saturated heterocycles. The Morgan fingerprint density at radius 2 is 2.40 bits per heavy atom. The van der Waals surface area contributed by atoms with Crippen LogP contribution in [-0.4, -0.2) is 22.7 Å². The molecule has 78 valence electrons. The van der Waals surface area contributed by atoms with Crippen molar-refractivity contribution in [1.29, 1.82) is 5.26 Å². The van der Waals surface area contributed by atoms with Crippen molar-refractivity contribution >= 4 is 5.97 Å². The summed E-state index contributed by atoms with van der Waals surface area (Å²) < 4.78 is 5.22. The van der Waals surface area contributed by atoms with Crippen molar-refractivity contribution in [3.8, 4) is 11.8 Å². The molecule has 1 heterocycles. The van der Waals surface area contributed by atoms with E-state index in [1.807, 2.05) is 6.07 Å². The van der Waals surface area contributed by atoms with Crippen LogP contribution >= 0.6 is 0 Å². The zero-order chi connectivity index (χ0) is 11.1. The van der Waals surface area contributed by atoms with Crippen molar-refractivity contribution in [2.24, 2.45) is 0 Å². The second-order valence-electron chi connectivity index (χ2n) is 2.82. The first-order chi connectivity index (χ1) is 7.24. The number of rotatable bonds is 5. The molecule has 0 unspecified atom stereocenters. The predicted molar refractivity (Wildman–Crippen MR) is 51.5 cm³/mol. The molecule has 0 atom stereocenters. The van der Waals surface area contributed by atoms with E-state index in [9.17, 15) is 4.79 Å². The van der Waals surface area contributed by atoms with Crippen molar-refractivity contribution in [3.63, 3.8) is 0 Å². The second kappa shape index (κ2) is 5.60. The molecule has 0 radical (unpaired) electrons. The molecule has 0 bridgehead atoms. The molecule has 15 heavy (non-hydrogen) atoms. The summed E-state index contributed by atoms with van der Waals surface area (Å²) in [7, 11) is 0. The van der Waals surface area contributed by atoms with Crippen LogP contribution in [0.1, 0.15) is 23.2 Å². The number of unbranched alkanes of at least 4 members (excludes halogenated alkanes) is 1. The molecular formula is C10H10N2O3. The number of hydrogen-bond acceptors (Lipinski definition) is 4. The largest absolute Gasteiger partial charge is 0.492 e. The van der Waals surface area contributed by atoms with Crippen molar-refractivity contribution in [2.45, 2.75) is 12.8 Å². The molecule has 0 fully saturated rings. The summed E-state index contributed by atoms with van der Waals surface area (Å²) in [6.45, 7) is 0.387. The van der Waals surface area contributed by atoms with Gasteiger partial charge >= 0.3 is 5.97 Å². The lowest BCUT2D eigenvalue weighted by Crippen LogP contribution is -2.01. The Kier molecular flexibility index (Phi) is 4.10. The third-order valence-corrected chi connectivity index (χ3v) is 1.66. The standard InChI is InChI=1S/C10H10N2O3/c11-3-1-2-4-15-9-5-8(10(13)14)6-12-7-9/h5-7H,1-2,4H2,(H,13,14). The molecule has 1 aromatic heterocycles.